The minimum Gasteiger partial charge on any atom is -0.491 e. The summed E-state index contributed by atoms with van der Waals surface area (Å²) >= 11 is 0. The molecule has 0 fully saturated rings. The summed E-state index contributed by atoms with van der Waals surface area (Å²) in [5.41, 5.74) is 2.39. The van der Waals surface area contributed by atoms with Crippen LogP contribution in [0.2, 0.25) is 0 Å². The first-order valence-corrected chi connectivity index (χ1v) is 11.0. The average molecular weight is 405 g/mol. The van der Waals surface area contributed by atoms with Gasteiger partial charge in [0.05, 0.1) is 18.0 Å². The lowest BCUT2D eigenvalue weighted by Crippen LogP contribution is -2.50. The Labute approximate surface area is 167 Å². The van der Waals surface area contributed by atoms with Gasteiger partial charge in [0, 0.05) is 0 Å². The molecule has 0 saturated heterocycles. The van der Waals surface area contributed by atoms with Gasteiger partial charge < -0.3 is 10.1 Å². The summed E-state index contributed by atoms with van der Waals surface area (Å²) in [6, 6.07) is 13.5. The average Bonchev–Trinajstić information content (AvgIpc) is 2.60. The summed E-state index contributed by atoms with van der Waals surface area (Å²) < 4.78 is 31.6. The molecule has 7 heteroatoms. The Bertz CT molecular complexity index is 928. The number of aryl methyl sites for hydroxylation is 2. The van der Waals surface area contributed by atoms with Gasteiger partial charge in [0.2, 0.25) is 15.9 Å². The number of para-hydroxylation sites is 1. The van der Waals surface area contributed by atoms with Gasteiger partial charge >= 0.3 is 0 Å². The first-order valence-electron chi connectivity index (χ1n) is 9.14. The number of carbonyl (C=O) groups is 1. The number of rotatable bonds is 8. The third-order valence-corrected chi connectivity index (χ3v) is 5.56. The molecule has 152 valence electrons. The van der Waals surface area contributed by atoms with Gasteiger partial charge in [-0.2, -0.15) is 0 Å². The molecule has 0 radical (unpaired) electrons. The van der Waals surface area contributed by atoms with Crippen molar-refractivity contribution in [3.8, 4) is 5.75 Å². The lowest BCUT2D eigenvalue weighted by Gasteiger charge is -2.29. The van der Waals surface area contributed by atoms with Gasteiger partial charge in [0.15, 0.2) is 0 Å². The van der Waals surface area contributed by atoms with E-state index in [9.17, 15) is 13.2 Å². The zero-order chi connectivity index (χ0) is 20.9. The summed E-state index contributed by atoms with van der Waals surface area (Å²) in [4.78, 5) is 12.7. The number of hydrogen-bond acceptors (Lipinski definition) is 4. The summed E-state index contributed by atoms with van der Waals surface area (Å²) in [6.45, 7) is 7.51. The Balaban J connectivity index is 2.07. The summed E-state index contributed by atoms with van der Waals surface area (Å²) in [5.74, 6) is 0.377. The van der Waals surface area contributed by atoms with Crippen LogP contribution in [0.3, 0.4) is 0 Å². The standard InChI is InChI=1S/C21H28N2O4S/c1-15-9-8-11-19(13-15)23(28(5,25)26)18(4)21(24)22-17(3)14-27-20-12-7-6-10-16(20)2/h6-13,17-18H,14H2,1-5H3,(H,22,24)/t17-,18-/m0/s1. The topological polar surface area (TPSA) is 75.7 Å². The zero-order valence-electron chi connectivity index (χ0n) is 17.0. The molecule has 0 spiro atoms. The fourth-order valence-electron chi connectivity index (χ4n) is 2.91. The van der Waals surface area contributed by atoms with E-state index in [0.717, 1.165) is 27.4 Å². The second kappa shape index (κ2) is 9.10. The monoisotopic (exact) mass is 404 g/mol. The van der Waals surface area contributed by atoms with Crippen molar-refractivity contribution >= 4 is 21.6 Å². The van der Waals surface area contributed by atoms with Gasteiger partial charge in [-0.3, -0.25) is 9.10 Å². The number of sulfonamides is 1. The molecule has 0 aliphatic heterocycles. The minimum absolute atomic E-state index is 0.284. The summed E-state index contributed by atoms with van der Waals surface area (Å²) in [7, 11) is -3.63. The van der Waals surface area contributed by atoms with E-state index >= 15 is 0 Å². The molecule has 6 nitrogen and oxygen atoms in total. The van der Waals surface area contributed by atoms with E-state index in [4.69, 9.17) is 4.74 Å². The second-order valence-electron chi connectivity index (χ2n) is 7.06. The maximum atomic E-state index is 12.7. The molecule has 0 aliphatic rings. The van der Waals surface area contributed by atoms with Crippen LogP contribution >= 0.6 is 0 Å². The van der Waals surface area contributed by atoms with Crippen LogP contribution in [0.15, 0.2) is 48.5 Å². The molecule has 0 heterocycles. The fraction of sp³-hybridized carbons (Fsp3) is 0.381. The molecule has 2 atom stereocenters. The molecule has 2 aromatic carbocycles. The van der Waals surface area contributed by atoms with Crippen LogP contribution in [0.1, 0.15) is 25.0 Å². The number of amides is 1. The number of anilines is 1. The third-order valence-electron chi connectivity index (χ3n) is 4.32. The highest BCUT2D eigenvalue weighted by molar-refractivity contribution is 7.92. The molecule has 0 aliphatic carbocycles. The van der Waals surface area contributed by atoms with E-state index < -0.39 is 16.1 Å². The van der Waals surface area contributed by atoms with Crippen LogP contribution in [-0.4, -0.2) is 39.3 Å². The lowest BCUT2D eigenvalue weighted by molar-refractivity contribution is -0.122. The highest BCUT2D eigenvalue weighted by Gasteiger charge is 2.29. The first kappa shape index (κ1) is 21.8. The maximum Gasteiger partial charge on any atom is 0.243 e. The Hall–Kier alpha value is -2.54. The van der Waals surface area contributed by atoms with Crippen molar-refractivity contribution in [2.24, 2.45) is 0 Å². The van der Waals surface area contributed by atoms with Crippen LogP contribution in [0, 0.1) is 13.8 Å². The summed E-state index contributed by atoms with van der Waals surface area (Å²) in [5, 5.41) is 2.84. The Morgan fingerprint density at radius 3 is 2.39 bits per heavy atom. The number of carbonyl (C=O) groups excluding carboxylic acids is 1. The second-order valence-corrected chi connectivity index (χ2v) is 8.92. The highest BCUT2D eigenvalue weighted by Crippen LogP contribution is 2.22. The zero-order valence-corrected chi connectivity index (χ0v) is 17.8. The van der Waals surface area contributed by atoms with Crippen LogP contribution in [-0.2, 0) is 14.8 Å². The molecule has 28 heavy (non-hydrogen) atoms. The van der Waals surface area contributed by atoms with E-state index in [0.29, 0.717) is 5.69 Å². The van der Waals surface area contributed by atoms with Gasteiger partial charge in [-0.15, -0.1) is 0 Å². The van der Waals surface area contributed by atoms with E-state index in [1.807, 2.05) is 51.1 Å². The van der Waals surface area contributed by atoms with Gasteiger partial charge in [0.1, 0.15) is 18.4 Å². The molecule has 1 amide bonds. The highest BCUT2D eigenvalue weighted by atomic mass is 32.2. The molecule has 2 aromatic rings. The van der Waals surface area contributed by atoms with E-state index in [-0.39, 0.29) is 18.6 Å². The molecular weight excluding hydrogens is 376 g/mol. The smallest absolute Gasteiger partial charge is 0.243 e. The lowest BCUT2D eigenvalue weighted by atomic mass is 10.2. The molecule has 2 rings (SSSR count). The molecule has 0 aromatic heterocycles. The van der Waals surface area contributed by atoms with Crippen molar-refractivity contribution in [1.29, 1.82) is 0 Å². The van der Waals surface area contributed by atoms with Crippen molar-refractivity contribution in [1.82, 2.24) is 5.32 Å². The first-order chi connectivity index (χ1) is 13.1. The van der Waals surface area contributed by atoms with Crippen LogP contribution in [0.5, 0.6) is 5.75 Å². The number of hydrogen-bond donors (Lipinski definition) is 1. The molecule has 0 saturated carbocycles. The largest absolute Gasteiger partial charge is 0.491 e. The Morgan fingerprint density at radius 2 is 1.79 bits per heavy atom. The molecule has 1 N–H and O–H groups in total. The minimum atomic E-state index is -3.63. The SMILES string of the molecule is Cc1cccc(N([C@@H](C)C(=O)N[C@@H](C)COc2ccccc2C)S(C)(=O)=O)c1. The van der Waals surface area contributed by atoms with Crippen molar-refractivity contribution in [3.63, 3.8) is 0 Å². The Morgan fingerprint density at radius 1 is 1.11 bits per heavy atom. The van der Waals surface area contributed by atoms with Crippen molar-refractivity contribution in [2.75, 3.05) is 17.2 Å². The van der Waals surface area contributed by atoms with Gasteiger partial charge in [0.25, 0.3) is 0 Å². The molecular formula is C21H28N2O4S. The number of nitrogens with zero attached hydrogens (tertiary/aromatic N) is 1. The number of benzene rings is 2. The van der Waals surface area contributed by atoms with Crippen LogP contribution in [0.4, 0.5) is 5.69 Å². The predicted octanol–water partition coefficient (Wildman–Crippen LogP) is 3.04. The predicted molar refractivity (Wildman–Crippen MR) is 112 cm³/mol. The van der Waals surface area contributed by atoms with E-state index in [1.165, 1.54) is 0 Å². The molecule has 0 bridgehead atoms. The van der Waals surface area contributed by atoms with E-state index in [2.05, 4.69) is 5.32 Å². The van der Waals surface area contributed by atoms with Crippen molar-refractivity contribution in [3.05, 3.63) is 59.7 Å². The van der Waals surface area contributed by atoms with E-state index in [1.54, 1.807) is 25.1 Å². The summed E-state index contributed by atoms with van der Waals surface area (Å²) in [6.07, 6.45) is 1.10. The number of nitrogens with one attached hydrogen (secondary N) is 1. The fourth-order valence-corrected chi connectivity index (χ4v) is 4.08. The van der Waals surface area contributed by atoms with Crippen LogP contribution in [0.25, 0.3) is 0 Å². The van der Waals surface area contributed by atoms with Crippen molar-refractivity contribution < 1.29 is 17.9 Å². The van der Waals surface area contributed by atoms with Gasteiger partial charge in [-0.1, -0.05) is 30.3 Å². The Kier molecular flexibility index (Phi) is 7.07. The van der Waals surface area contributed by atoms with Gasteiger partial charge in [-0.05, 0) is 57.0 Å². The quantitative estimate of drug-likeness (QED) is 0.734. The normalized spacial score (nSPS) is 13.5. The maximum absolute atomic E-state index is 12.7. The van der Waals surface area contributed by atoms with Gasteiger partial charge in [-0.25, -0.2) is 8.42 Å². The van der Waals surface area contributed by atoms with Crippen molar-refractivity contribution in [2.45, 2.75) is 39.8 Å². The van der Waals surface area contributed by atoms with Crippen LogP contribution < -0.4 is 14.4 Å². The molecule has 0 unspecified atom stereocenters. The number of ether oxygens (including phenoxy) is 1. The third kappa shape index (κ3) is 5.73.